The van der Waals surface area contributed by atoms with Gasteiger partial charge < -0.3 is 19.4 Å². The van der Waals surface area contributed by atoms with Gasteiger partial charge in [-0.25, -0.2) is 13.2 Å². The third-order valence-corrected chi connectivity index (χ3v) is 7.39. The lowest BCUT2D eigenvalue weighted by molar-refractivity contribution is -0.145. The molecule has 0 radical (unpaired) electrons. The molecule has 2 saturated heterocycles. The van der Waals surface area contributed by atoms with Crippen molar-refractivity contribution in [2.75, 3.05) is 37.7 Å². The Balaban J connectivity index is 1.34. The van der Waals surface area contributed by atoms with Crippen molar-refractivity contribution < 1.29 is 32.3 Å². The Labute approximate surface area is 211 Å². The molecular formula is C25H28F3N5O4. The summed E-state index contributed by atoms with van der Waals surface area (Å²) >= 11 is 0. The van der Waals surface area contributed by atoms with Gasteiger partial charge in [0.25, 0.3) is 0 Å². The number of aromatic nitrogens is 2. The Bertz CT molecular complexity index is 1240. The molecule has 3 aliphatic rings. The van der Waals surface area contributed by atoms with Crippen molar-refractivity contribution in [2.45, 2.75) is 45.8 Å². The summed E-state index contributed by atoms with van der Waals surface area (Å²) in [5.74, 6) is -4.96. The lowest BCUT2D eigenvalue weighted by Gasteiger charge is -2.35. The van der Waals surface area contributed by atoms with Crippen LogP contribution in [0.25, 0.3) is 0 Å². The number of ether oxygens (including phenoxy) is 1. The lowest BCUT2D eigenvalue weighted by atomic mass is 9.87. The van der Waals surface area contributed by atoms with Crippen LogP contribution in [0.2, 0.25) is 0 Å². The van der Waals surface area contributed by atoms with E-state index in [1.165, 1.54) is 0 Å². The van der Waals surface area contributed by atoms with Gasteiger partial charge in [0, 0.05) is 32.1 Å². The van der Waals surface area contributed by atoms with Gasteiger partial charge >= 0.3 is 0 Å². The normalized spacial score (nSPS) is 24.0. The van der Waals surface area contributed by atoms with Crippen molar-refractivity contribution in [1.29, 1.82) is 0 Å². The number of hydrogen-bond donors (Lipinski definition) is 0. The first kappa shape index (κ1) is 25.2. The summed E-state index contributed by atoms with van der Waals surface area (Å²) in [4.78, 5) is 44.3. The summed E-state index contributed by atoms with van der Waals surface area (Å²) in [5.41, 5.74) is 0.309. The van der Waals surface area contributed by atoms with E-state index in [9.17, 15) is 27.6 Å². The lowest BCUT2D eigenvalue weighted by Crippen LogP contribution is -2.48. The van der Waals surface area contributed by atoms with E-state index in [0.717, 1.165) is 12.1 Å². The topological polar surface area (TPSA) is 88.0 Å². The average molecular weight is 520 g/mol. The average Bonchev–Trinajstić information content (AvgIpc) is 3.41. The zero-order valence-corrected chi connectivity index (χ0v) is 20.7. The Morgan fingerprint density at radius 3 is 2.51 bits per heavy atom. The minimum absolute atomic E-state index is 0.0278. The number of fused-ring (bicyclic) bond motifs is 1. The maximum absolute atomic E-state index is 13.6. The molecule has 1 aromatic carbocycles. The Kier molecular flexibility index (Phi) is 6.47. The zero-order chi connectivity index (χ0) is 26.5. The van der Waals surface area contributed by atoms with Crippen LogP contribution in [0.5, 0.6) is 0 Å². The number of anilines is 1. The van der Waals surface area contributed by atoms with E-state index in [1.807, 2.05) is 6.92 Å². The minimum Gasteiger partial charge on any atom is -0.378 e. The SMILES string of the molecule is C[C@H]1Cn2ncc(N3CC(C)(C(=O)N4CCOCC4)CC3=O)c2CN1C(=O)Cc1cc(F)c(F)c(F)c1. The Morgan fingerprint density at radius 1 is 1.16 bits per heavy atom. The third-order valence-electron chi connectivity index (χ3n) is 7.39. The smallest absolute Gasteiger partial charge is 0.231 e. The van der Waals surface area contributed by atoms with Gasteiger partial charge in [-0.3, -0.25) is 19.1 Å². The Hall–Kier alpha value is -3.41. The van der Waals surface area contributed by atoms with Gasteiger partial charge in [0.05, 0.1) is 55.7 Å². The highest BCUT2D eigenvalue weighted by Crippen LogP contribution is 2.38. The molecule has 3 aliphatic heterocycles. The second-order valence-electron chi connectivity index (χ2n) is 10.2. The highest BCUT2D eigenvalue weighted by molar-refractivity contribution is 6.02. The summed E-state index contributed by atoms with van der Waals surface area (Å²) in [6.45, 7) is 6.21. The van der Waals surface area contributed by atoms with Gasteiger partial charge in [-0.05, 0) is 31.5 Å². The van der Waals surface area contributed by atoms with Crippen LogP contribution in [0.4, 0.5) is 18.9 Å². The summed E-state index contributed by atoms with van der Waals surface area (Å²) < 4.78 is 47.7. The number of hydrogen-bond acceptors (Lipinski definition) is 5. The number of amides is 3. The number of benzene rings is 1. The van der Waals surface area contributed by atoms with Gasteiger partial charge in [-0.1, -0.05) is 0 Å². The Morgan fingerprint density at radius 2 is 1.84 bits per heavy atom. The van der Waals surface area contributed by atoms with Gasteiger partial charge in [-0.15, -0.1) is 0 Å². The van der Waals surface area contributed by atoms with Crippen LogP contribution in [0, 0.1) is 22.9 Å². The fourth-order valence-corrected chi connectivity index (χ4v) is 5.37. The molecule has 4 heterocycles. The number of carbonyl (C=O) groups excluding carboxylic acids is 3. The molecule has 1 unspecified atom stereocenters. The molecule has 12 heteroatoms. The van der Waals surface area contributed by atoms with Crippen LogP contribution in [0.1, 0.15) is 31.5 Å². The molecule has 0 aliphatic carbocycles. The van der Waals surface area contributed by atoms with Crippen molar-refractivity contribution in [3.63, 3.8) is 0 Å². The largest absolute Gasteiger partial charge is 0.378 e. The number of halogens is 3. The van der Waals surface area contributed by atoms with E-state index in [2.05, 4.69) is 5.10 Å². The maximum atomic E-state index is 13.6. The first-order valence-electron chi connectivity index (χ1n) is 12.2. The molecule has 0 bridgehead atoms. The molecule has 2 aromatic rings. The minimum atomic E-state index is -1.58. The van der Waals surface area contributed by atoms with E-state index in [1.54, 1.807) is 32.5 Å². The molecule has 0 N–H and O–H groups in total. The second kappa shape index (κ2) is 9.47. The van der Waals surface area contributed by atoms with Crippen LogP contribution in [-0.4, -0.2) is 76.2 Å². The van der Waals surface area contributed by atoms with Crippen LogP contribution in [0.3, 0.4) is 0 Å². The predicted octanol–water partition coefficient (Wildman–Crippen LogP) is 1.88. The molecule has 2 atom stereocenters. The molecule has 198 valence electrons. The van der Waals surface area contributed by atoms with E-state index < -0.39 is 28.8 Å². The molecule has 1 aromatic heterocycles. The molecule has 2 fully saturated rings. The van der Waals surface area contributed by atoms with E-state index >= 15 is 0 Å². The first-order chi connectivity index (χ1) is 17.6. The maximum Gasteiger partial charge on any atom is 0.231 e. The summed E-state index contributed by atoms with van der Waals surface area (Å²) in [7, 11) is 0. The quantitative estimate of drug-likeness (QED) is 0.576. The van der Waals surface area contributed by atoms with Crippen molar-refractivity contribution >= 4 is 23.4 Å². The van der Waals surface area contributed by atoms with Crippen molar-refractivity contribution in [2.24, 2.45) is 5.41 Å². The number of carbonyl (C=O) groups is 3. The number of morpholine rings is 1. The van der Waals surface area contributed by atoms with Crippen LogP contribution < -0.4 is 4.90 Å². The highest BCUT2D eigenvalue weighted by atomic mass is 19.2. The molecule has 3 amide bonds. The molecule has 5 rings (SSSR count). The monoisotopic (exact) mass is 519 g/mol. The fraction of sp³-hybridized carbons (Fsp3) is 0.520. The van der Waals surface area contributed by atoms with Gasteiger partial charge in [0.2, 0.25) is 17.7 Å². The standard InChI is InChI=1S/C25H28F3N5O4/c1-15-12-33-20(13-31(15)21(34)9-16-7-17(26)23(28)18(27)8-16)19(11-29-33)32-14-25(2,10-22(32)35)24(36)30-3-5-37-6-4-30/h7-8,11,15H,3-6,9-10,12-14H2,1-2H3/t15-,25?/m0/s1. The van der Waals surface area contributed by atoms with Crippen molar-refractivity contribution in [1.82, 2.24) is 19.6 Å². The summed E-state index contributed by atoms with van der Waals surface area (Å²) in [6.07, 6.45) is 1.33. The molecule has 9 nitrogen and oxygen atoms in total. The van der Waals surface area contributed by atoms with Crippen LogP contribution in [-0.2, 0) is 38.6 Å². The first-order valence-corrected chi connectivity index (χ1v) is 12.2. The van der Waals surface area contributed by atoms with Gasteiger partial charge in [0.15, 0.2) is 17.5 Å². The summed E-state index contributed by atoms with van der Waals surface area (Å²) in [6, 6.07) is 1.36. The van der Waals surface area contributed by atoms with Gasteiger partial charge in [-0.2, -0.15) is 5.10 Å². The fourth-order valence-electron chi connectivity index (χ4n) is 5.37. The molecular weight excluding hydrogens is 491 g/mol. The number of nitrogens with zero attached hydrogens (tertiary/aromatic N) is 5. The van der Waals surface area contributed by atoms with Crippen LogP contribution in [0.15, 0.2) is 18.3 Å². The van der Waals surface area contributed by atoms with E-state index in [0.29, 0.717) is 44.2 Å². The molecule has 0 saturated carbocycles. The third kappa shape index (κ3) is 4.58. The van der Waals surface area contributed by atoms with E-state index in [-0.39, 0.29) is 49.4 Å². The van der Waals surface area contributed by atoms with Gasteiger partial charge in [0.1, 0.15) is 0 Å². The molecule has 37 heavy (non-hydrogen) atoms. The molecule has 0 spiro atoms. The van der Waals surface area contributed by atoms with Crippen molar-refractivity contribution in [3.8, 4) is 0 Å². The highest BCUT2D eigenvalue weighted by Gasteiger charge is 2.48. The van der Waals surface area contributed by atoms with E-state index in [4.69, 9.17) is 4.74 Å². The summed E-state index contributed by atoms with van der Waals surface area (Å²) in [5, 5.41) is 4.41. The van der Waals surface area contributed by atoms with Crippen LogP contribution >= 0.6 is 0 Å². The zero-order valence-electron chi connectivity index (χ0n) is 20.7. The number of rotatable bonds is 4. The van der Waals surface area contributed by atoms with Crippen molar-refractivity contribution in [3.05, 3.63) is 47.0 Å². The predicted molar refractivity (Wildman–Crippen MR) is 125 cm³/mol. The second-order valence-corrected chi connectivity index (χ2v) is 10.2.